The first kappa shape index (κ1) is 32.2. The largest absolute Gasteiger partial charge is 0.495 e. The second kappa shape index (κ2) is 15.5. The number of nitro groups is 2. The van der Waals surface area contributed by atoms with Crippen molar-refractivity contribution in [1.29, 1.82) is 5.26 Å². The molecule has 2 aromatic carbocycles. The number of anilines is 2. The number of hydrogen-bond acceptors (Lipinski definition) is 13. The lowest BCUT2D eigenvalue weighted by Gasteiger charge is -2.18. The molecular formula is C23H27N7O8S. The number of thiocyanates is 1. The average Bonchev–Trinajstić information content (AvgIpc) is 2.88. The number of amides is 1. The topological polar surface area (TPSA) is 211 Å². The second-order valence-corrected chi connectivity index (χ2v) is 8.12. The molecule has 2 N–H and O–H groups in total. The number of nitrogens with zero attached hydrogens (tertiary/aromatic N) is 5. The summed E-state index contributed by atoms with van der Waals surface area (Å²) in [5.41, 5.74) is -1.10. The average molecular weight is 562 g/mol. The maximum absolute atomic E-state index is 11.8. The van der Waals surface area contributed by atoms with Gasteiger partial charge in [0.05, 0.1) is 47.9 Å². The molecule has 2 rings (SSSR count). The predicted octanol–water partition coefficient (Wildman–Crippen LogP) is 5.85. The fourth-order valence-corrected chi connectivity index (χ4v) is 3.53. The zero-order valence-electron chi connectivity index (χ0n) is 22.0. The minimum Gasteiger partial charge on any atom is -0.495 e. The standard InChI is InChI=1S/C21H21N7O8S.C2H6/c1-11(5-21(30)36-4)23-16-6-13(24-12(2)29)14(7-19(16)35-3)25-26-15-8-20(37-10-22)18(28(33)34)9-17(15)27(31)32;1-2/h6-9,11,23H,5H2,1-4H3,(H,24,29);1-2H3. The number of hydrogen-bond donors (Lipinski definition) is 2. The van der Waals surface area contributed by atoms with Gasteiger partial charge in [-0.3, -0.25) is 29.8 Å². The molecule has 15 nitrogen and oxygen atoms in total. The molecule has 0 aliphatic heterocycles. The van der Waals surface area contributed by atoms with Gasteiger partial charge in [-0.15, -0.1) is 10.2 Å². The Bertz CT molecular complexity index is 1310. The van der Waals surface area contributed by atoms with Gasteiger partial charge in [0.1, 0.15) is 21.7 Å². The van der Waals surface area contributed by atoms with Crippen LogP contribution in [0, 0.1) is 30.9 Å². The number of rotatable bonds is 11. The lowest BCUT2D eigenvalue weighted by molar-refractivity contribution is -0.395. The molecule has 39 heavy (non-hydrogen) atoms. The summed E-state index contributed by atoms with van der Waals surface area (Å²) in [5.74, 6) is -0.645. The number of carbonyl (C=O) groups excluding carboxylic acids is 2. The van der Waals surface area contributed by atoms with E-state index in [-0.39, 0.29) is 40.2 Å². The molecule has 1 atom stereocenters. The van der Waals surface area contributed by atoms with Gasteiger partial charge in [-0.25, -0.2) is 0 Å². The summed E-state index contributed by atoms with van der Waals surface area (Å²) in [7, 11) is 2.64. The number of carbonyl (C=O) groups is 2. The number of esters is 1. The summed E-state index contributed by atoms with van der Waals surface area (Å²) in [6, 6.07) is 4.19. The molecule has 0 fully saturated rings. The number of nitro benzene ring substituents is 2. The van der Waals surface area contributed by atoms with Crippen molar-refractivity contribution in [2.24, 2.45) is 10.2 Å². The Morgan fingerprint density at radius 1 is 1.05 bits per heavy atom. The van der Waals surface area contributed by atoms with Crippen LogP contribution in [0.4, 0.5) is 34.1 Å². The SMILES string of the molecule is CC.COC(=O)CC(C)Nc1cc(NC(C)=O)c(N=Nc2cc(SC#N)c([N+](=O)[O-])cc2[N+](=O)[O-])cc1OC. The molecule has 0 aliphatic carbocycles. The monoisotopic (exact) mass is 561 g/mol. The normalized spacial score (nSPS) is 10.9. The first-order valence-electron chi connectivity index (χ1n) is 11.3. The number of nitriles is 1. The van der Waals surface area contributed by atoms with E-state index >= 15 is 0 Å². The zero-order chi connectivity index (χ0) is 29.7. The third-order valence-electron chi connectivity index (χ3n) is 4.60. The van der Waals surface area contributed by atoms with E-state index in [1.165, 1.54) is 33.3 Å². The summed E-state index contributed by atoms with van der Waals surface area (Å²) < 4.78 is 10.0. The minimum absolute atomic E-state index is 0.0420. The van der Waals surface area contributed by atoms with Crippen LogP contribution in [0.1, 0.15) is 34.1 Å². The number of methoxy groups -OCH3 is 2. The van der Waals surface area contributed by atoms with Gasteiger partial charge in [0.25, 0.3) is 5.69 Å². The highest BCUT2D eigenvalue weighted by atomic mass is 32.2. The summed E-state index contributed by atoms with van der Waals surface area (Å²) in [4.78, 5) is 44.3. The molecule has 0 bridgehead atoms. The Morgan fingerprint density at radius 3 is 2.18 bits per heavy atom. The maximum atomic E-state index is 11.8. The molecule has 208 valence electrons. The van der Waals surface area contributed by atoms with Gasteiger partial charge in [0.15, 0.2) is 5.69 Å². The van der Waals surface area contributed by atoms with Crippen LogP contribution in [0.25, 0.3) is 0 Å². The Kier molecular flexibility index (Phi) is 12.8. The zero-order valence-corrected chi connectivity index (χ0v) is 22.8. The van der Waals surface area contributed by atoms with Crippen molar-refractivity contribution in [2.45, 2.75) is 45.1 Å². The number of ether oxygens (including phenoxy) is 2. The van der Waals surface area contributed by atoms with E-state index in [2.05, 4.69) is 25.6 Å². The summed E-state index contributed by atoms with van der Waals surface area (Å²) in [6.45, 7) is 6.98. The quantitative estimate of drug-likeness (QED) is 0.0829. The maximum Gasteiger partial charge on any atom is 0.307 e. The fourth-order valence-electron chi connectivity index (χ4n) is 3.03. The molecule has 1 unspecified atom stereocenters. The highest BCUT2D eigenvalue weighted by Crippen LogP contribution is 2.42. The number of thioether (sulfide) groups is 1. The second-order valence-electron chi connectivity index (χ2n) is 7.29. The molecular weight excluding hydrogens is 534 g/mol. The van der Waals surface area contributed by atoms with Crippen molar-refractivity contribution < 1.29 is 28.9 Å². The van der Waals surface area contributed by atoms with Gasteiger partial charge >= 0.3 is 11.7 Å². The number of azo groups is 1. The van der Waals surface area contributed by atoms with E-state index in [1.54, 1.807) is 12.3 Å². The van der Waals surface area contributed by atoms with Gasteiger partial charge in [-0.1, -0.05) is 13.8 Å². The summed E-state index contributed by atoms with van der Waals surface area (Å²) >= 11 is 0.439. The molecule has 0 saturated heterocycles. The minimum atomic E-state index is -0.868. The van der Waals surface area contributed by atoms with E-state index < -0.39 is 33.1 Å². The Balaban J connectivity index is 0.00000371. The lowest BCUT2D eigenvalue weighted by Crippen LogP contribution is -2.20. The lowest BCUT2D eigenvalue weighted by atomic mass is 10.1. The Hall–Kier alpha value is -4.78. The van der Waals surface area contributed by atoms with Crippen LogP contribution in [0.5, 0.6) is 5.75 Å². The van der Waals surface area contributed by atoms with Crippen molar-refractivity contribution in [2.75, 3.05) is 24.9 Å². The van der Waals surface area contributed by atoms with E-state index in [1.807, 2.05) is 13.8 Å². The molecule has 0 radical (unpaired) electrons. The first-order valence-corrected chi connectivity index (χ1v) is 12.1. The van der Waals surface area contributed by atoms with Crippen molar-refractivity contribution in [3.63, 3.8) is 0 Å². The van der Waals surface area contributed by atoms with Gasteiger partial charge in [0.2, 0.25) is 5.91 Å². The molecule has 16 heteroatoms. The molecule has 2 aromatic rings. The van der Waals surface area contributed by atoms with Crippen LogP contribution >= 0.6 is 11.8 Å². The molecule has 1 amide bonds. The number of nitrogens with one attached hydrogen (secondary N) is 2. The van der Waals surface area contributed by atoms with Crippen LogP contribution < -0.4 is 15.4 Å². The van der Waals surface area contributed by atoms with Crippen LogP contribution in [0.15, 0.2) is 39.4 Å². The van der Waals surface area contributed by atoms with E-state index in [9.17, 15) is 29.8 Å². The van der Waals surface area contributed by atoms with Gasteiger partial charge < -0.3 is 20.1 Å². The first-order chi connectivity index (χ1) is 18.5. The van der Waals surface area contributed by atoms with Gasteiger partial charge in [-0.05, 0) is 30.8 Å². The predicted molar refractivity (Wildman–Crippen MR) is 144 cm³/mol. The molecule has 0 saturated carbocycles. The smallest absolute Gasteiger partial charge is 0.307 e. The van der Waals surface area contributed by atoms with Crippen LogP contribution in [-0.4, -0.2) is 42.0 Å². The van der Waals surface area contributed by atoms with Crippen LogP contribution in [0.3, 0.4) is 0 Å². The molecule has 0 spiro atoms. The van der Waals surface area contributed by atoms with Crippen molar-refractivity contribution in [3.8, 4) is 11.2 Å². The summed E-state index contributed by atoms with van der Waals surface area (Å²) in [5, 5.41) is 47.0. The van der Waals surface area contributed by atoms with Crippen molar-refractivity contribution in [3.05, 3.63) is 44.5 Å². The highest BCUT2D eigenvalue weighted by Gasteiger charge is 2.25. The number of benzene rings is 2. The van der Waals surface area contributed by atoms with E-state index in [0.29, 0.717) is 23.5 Å². The van der Waals surface area contributed by atoms with Crippen molar-refractivity contribution in [1.82, 2.24) is 0 Å². The summed E-state index contributed by atoms with van der Waals surface area (Å²) in [6.07, 6.45) is 0.0451. The molecule has 0 heterocycles. The van der Waals surface area contributed by atoms with Gasteiger partial charge in [0, 0.05) is 19.0 Å². The van der Waals surface area contributed by atoms with E-state index in [0.717, 1.165) is 6.07 Å². The third kappa shape index (κ3) is 9.23. The van der Waals surface area contributed by atoms with Gasteiger partial charge in [-0.2, -0.15) is 5.26 Å². The van der Waals surface area contributed by atoms with Crippen LogP contribution in [0.2, 0.25) is 0 Å². The van der Waals surface area contributed by atoms with E-state index in [4.69, 9.17) is 10.00 Å². The van der Waals surface area contributed by atoms with Crippen molar-refractivity contribution >= 4 is 57.8 Å². The van der Waals surface area contributed by atoms with Crippen LogP contribution in [-0.2, 0) is 14.3 Å². The third-order valence-corrected chi connectivity index (χ3v) is 5.24. The fraction of sp³-hybridized carbons (Fsp3) is 0.348. The Morgan fingerprint density at radius 2 is 1.67 bits per heavy atom. The highest BCUT2D eigenvalue weighted by molar-refractivity contribution is 8.03. The molecule has 0 aromatic heterocycles. The Labute approximate surface area is 227 Å². The molecule has 0 aliphatic rings.